The molecule has 0 aliphatic carbocycles. The molecule has 3 aromatic heterocycles. The van der Waals surface area contributed by atoms with Gasteiger partial charge >= 0.3 is 0 Å². The number of nitrogens with zero attached hydrogens (tertiary/aromatic N) is 5. The fraction of sp³-hybridized carbons (Fsp3) is 0.250. The lowest BCUT2D eigenvalue weighted by Crippen LogP contribution is -2.36. The van der Waals surface area contributed by atoms with Gasteiger partial charge in [-0.15, -0.1) is 0 Å². The van der Waals surface area contributed by atoms with Crippen molar-refractivity contribution in [3.63, 3.8) is 0 Å². The largest absolute Gasteiger partial charge is 0.334 e. The highest BCUT2D eigenvalue weighted by molar-refractivity contribution is 9.10. The third kappa shape index (κ3) is 2.61. The molecule has 0 bridgehead atoms. The predicted octanol–water partition coefficient (Wildman–Crippen LogP) is 2.32. The van der Waals surface area contributed by atoms with E-state index in [1.165, 1.54) is 0 Å². The molecule has 0 N–H and O–H groups in total. The smallest absolute Gasteiger partial charge is 0.257 e. The molecule has 1 amide bonds. The standard InChI is InChI=1S/C16H14BrN5O/c1-21-8-12(6-19-21)16(23)22-3-2-14-11(9-22)4-10-5-13(17)7-18-15(10)20-14/h4-8H,2-3,9H2,1H3. The summed E-state index contributed by atoms with van der Waals surface area (Å²) in [6.07, 6.45) is 5.85. The Hall–Kier alpha value is -2.28. The monoisotopic (exact) mass is 371 g/mol. The molecule has 116 valence electrons. The maximum atomic E-state index is 12.6. The third-order valence-electron chi connectivity index (χ3n) is 4.02. The maximum Gasteiger partial charge on any atom is 0.257 e. The fourth-order valence-electron chi connectivity index (χ4n) is 2.88. The number of rotatable bonds is 1. The van der Waals surface area contributed by atoms with Gasteiger partial charge in [-0.3, -0.25) is 9.48 Å². The van der Waals surface area contributed by atoms with Crippen molar-refractivity contribution >= 4 is 32.9 Å². The van der Waals surface area contributed by atoms with Crippen LogP contribution in [0.3, 0.4) is 0 Å². The summed E-state index contributed by atoms with van der Waals surface area (Å²) in [6.45, 7) is 1.23. The van der Waals surface area contributed by atoms with Crippen molar-refractivity contribution in [3.8, 4) is 0 Å². The molecule has 6 nitrogen and oxygen atoms in total. The molecule has 1 aliphatic heterocycles. The third-order valence-corrected chi connectivity index (χ3v) is 4.46. The SMILES string of the molecule is Cn1cc(C(=O)N2CCc3nc4ncc(Br)cc4cc3C2)cn1. The van der Waals surface area contributed by atoms with Crippen LogP contribution in [0.2, 0.25) is 0 Å². The Morgan fingerprint density at radius 2 is 2.17 bits per heavy atom. The van der Waals surface area contributed by atoms with Gasteiger partial charge in [0.1, 0.15) is 0 Å². The fourth-order valence-corrected chi connectivity index (χ4v) is 3.23. The minimum absolute atomic E-state index is 0.0104. The zero-order valence-corrected chi connectivity index (χ0v) is 14.1. The number of aryl methyl sites for hydroxylation is 1. The van der Waals surface area contributed by atoms with E-state index in [-0.39, 0.29) is 5.91 Å². The van der Waals surface area contributed by atoms with Crippen LogP contribution in [0.1, 0.15) is 21.6 Å². The van der Waals surface area contributed by atoms with Gasteiger partial charge < -0.3 is 4.90 Å². The first kappa shape index (κ1) is 14.3. The van der Waals surface area contributed by atoms with Gasteiger partial charge in [0.05, 0.1) is 11.8 Å². The summed E-state index contributed by atoms with van der Waals surface area (Å²) >= 11 is 3.43. The Labute approximate surface area is 141 Å². The molecule has 1 aliphatic rings. The van der Waals surface area contributed by atoms with Crippen molar-refractivity contribution in [3.05, 3.63) is 52.0 Å². The van der Waals surface area contributed by atoms with Gasteiger partial charge in [-0.1, -0.05) is 0 Å². The number of amides is 1. The number of carbonyl (C=O) groups excluding carboxylic acids is 1. The van der Waals surface area contributed by atoms with E-state index < -0.39 is 0 Å². The molecule has 23 heavy (non-hydrogen) atoms. The van der Waals surface area contributed by atoms with Crippen LogP contribution in [0.5, 0.6) is 0 Å². The summed E-state index contributed by atoms with van der Waals surface area (Å²) in [6, 6.07) is 4.08. The minimum Gasteiger partial charge on any atom is -0.334 e. The van der Waals surface area contributed by atoms with Crippen LogP contribution in [0, 0.1) is 0 Å². The van der Waals surface area contributed by atoms with Crippen LogP contribution in [-0.2, 0) is 20.0 Å². The molecule has 0 aromatic carbocycles. The summed E-state index contributed by atoms with van der Waals surface area (Å²) in [7, 11) is 1.81. The van der Waals surface area contributed by atoms with Crippen molar-refractivity contribution in [2.24, 2.45) is 7.05 Å². The minimum atomic E-state index is 0.0104. The molecule has 3 aromatic rings. The van der Waals surface area contributed by atoms with E-state index in [0.717, 1.165) is 33.2 Å². The molecule has 0 fully saturated rings. The first-order valence-corrected chi connectivity index (χ1v) is 8.11. The van der Waals surface area contributed by atoms with E-state index in [2.05, 4.69) is 37.1 Å². The first-order chi connectivity index (χ1) is 11.1. The highest BCUT2D eigenvalue weighted by Crippen LogP contribution is 2.24. The second-order valence-corrected chi connectivity index (χ2v) is 6.59. The van der Waals surface area contributed by atoms with E-state index in [1.54, 1.807) is 23.3 Å². The highest BCUT2D eigenvalue weighted by atomic mass is 79.9. The Morgan fingerprint density at radius 1 is 1.30 bits per heavy atom. The highest BCUT2D eigenvalue weighted by Gasteiger charge is 2.24. The summed E-state index contributed by atoms with van der Waals surface area (Å²) in [5.74, 6) is 0.0104. The summed E-state index contributed by atoms with van der Waals surface area (Å²) < 4.78 is 2.56. The average Bonchev–Trinajstić information content (AvgIpc) is 2.98. The molecule has 0 unspecified atom stereocenters. The number of fused-ring (bicyclic) bond motifs is 2. The van der Waals surface area contributed by atoms with Crippen LogP contribution in [0.4, 0.5) is 0 Å². The van der Waals surface area contributed by atoms with Gasteiger partial charge in [-0.25, -0.2) is 9.97 Å². The number of pyridine rings is 2. The quantitative estimate of drug-likeness (QED) is 0.658. The van der Waals surface area contributed by atoms with E-state index in [4.69, 9.17) is 0 Å². The Morgan fingerprint density at radius 3 is 2.96 bits per heavy atom. The zero-order valence-electron chi connectivity index (χ0n) is 12.5. The second-order valence-electron chi connectivity index (χ2n) is 5.67. The first-order valence-electron chi connectivity index (χ1n) is 7.32. The number of aromatic nitrogens is 4. The molecule has 0 saturated heterocycles. The molecule has 0 atom stereocenters. The molecular weight excluding hydrogens is 358 g/mol. The van der Waals surface area contributed by atoms with E-state index in [9.17, 15) is 4.79 Å². The van der Waals surface area contributed by atoms with E-state index in [0.29, 0.717) is 18.7 Å². The van der Waals surface area contributed by atoms with E-state index >= 15 is 0 Å². The Kier molecular flexibility index (Phi) is 3.37. The summed E-state index contributed by atoms with van der Waals surface area (Å²) in [5, 5.41) is 5.05. The molecule has 0 saturated carbocycles. The van der Waals surface area contributed by atoms with Crippen LogP contribution in [-0.4, -0.2) is 37.1 Å². The lowest BCUT2D eigenvalue weighted by atomic mass is 10.0. The lowest BCUT2D eigenvalue weighted by Gasteiger charge is -2.28. The van der Waals surface area contributed by atoms with Gasteiger partial charge in [-0.05, 0) is 33.6 Å². The maximum absolute atomic E-state index is 12.6. The van der Waals surface area contributed by atoms with Crippen molar-refractivity contribution in [1.82, 2.24) is 24.6 Å². The van der Waals surface area contributed by atoms with Gasteiger partial charge in [-0.2, -0.15) is 5.10 Å². The second kappa shape index (κ2) is 5.42. The van der Waals surface area contributed by atoms with Gasteiger partial charge in [0.15, 0.2) is 5.65 Å². The van der Waals surface area contributed by atoms with E-state index in [1.807, 2.05) is 18.0 Å². The molecule has 4 rings (SSSR count). The van der Waals surface area contributed by atoms with Crippen LogP contribution in [0.15, 0.2) is 35.2 Å². The van der Waals surface area contributed by atoms with Crippen molar-refractivity contribution in [2.75, 3.05) is 6.54 Å². The van der Waals surface area contributed by atoms with Crippen LogP contribution in [0.25, 0.3) is 11.0 Å². The van der Waals surface area contributed by atoms with Crippen LogP contribution < -0.4 is 0 Å². The molecule has 0 spiro atoms. The number of carbonyl (C=O) groups is 1. The van der Waals surface area contributed by atoms with Crippen molar-refractivity contribution in [1.29, 1.82) is 0 Å². The van der Waals surface area contributed by atoms with Gasteiger partial charge in [0.25, 0.3) is 5.91 Å². The predicted molar refractivity (Wildman–Crippen MR) is 88.9 cm³/mol. The normalized spacial score (nSPS) is 14.1. The molecule has 7 heteroatoms. The zero-order chi connectivity index (χ0) is 16.0. The summed E-state index contributed by atoms with van der Waals surface area (Å²) in [5.41, 5.74) is 3.48. The van der Waals surface area contributed by atoms with Gasteiger partial charge in [0, 0.05) is 54.5 Å². The van der Waals surface area contributed by atoms with Crippen molar-refractivity contribution in [2.45, 2.75) is 13.0 Å². The molecular formula is C16H14BrN5O. The lowest BCUT2D eigenvalue weighted by molar-refractivity contribution is 0.0733. The topological polar surface area (TPSA) is 63.9 Å². The van der Waals surface area contributed by atoms with Gasteiger partial charge in [0.2, 0.25) is 0 Å². The average molecular weight is 372 g/mol. The molecule has 4 heterocycles. The Balaban J connectivity index is 1.67. The number of hydrogen-bond acceptors (Lipinski definition) is 4. The van der Waals surface area contributed by atoms with Crippen LogP contribution >= 0.6 is 15.9 Å². The van der Waals surface area contributed by atoms with Crippen molar-refractivity contribution < 1.29 is 4.79 Å². The number of hydrogen-bond donors (Lipinski definition) is 0. The Bertz CT molecular complexity index is 920. The molecule has 0 radical (unpaired) electrons. The number of halogens is 1. The summed E-state index contributed by atoms with van der Waals surface area (Å²) in [4.78, 5) is 23.4.